The number of nitrogens with one attached hydrogen (secondary N) is 1. The van der Waals surface area contributed by atoms with Crippen LogP contribution >= 0.6 is 0 Å². The fraction of sp³-hybridized carbons (Fsp3) is 0.562. The fourth-order valence-corrected chi connectivity index (χ4v) is 2.86. The summed E-state index contributed by atoms with van der Waals surface area (Å²) in [6.45, 7) is 4.04. The van der Waals surface area contributed by atoms with E-state index >= 15 is 0 Å². The molecule has 2 unspecified atom stereocenters. The molecule has 1 heterocycles. The highest BCUT2D eigenvalue weighted by Gasteiger charge is 2.28. The summed E-state index contributed by atoms with van der Waals surface area (Å²) in [5.41, 5.74) is 1.02. The third kappa shape index (κ3) is 4.02. The number of hydrogen-bond donors (Lipinski definition) is 2. The minimum Gasteiger partial charge on any atom is -0.395 e. The number of carbonyl (C=O) groups excluding carboxylic acids is 1. The van der Waals surface area contributed by atoms with Crippen LogP contribution in [-0.4, -0.2) is 41.1 Å². The first-order valence-corrected chi connectivity index (χ1v) is 7.44. The number of carbonyl (C=O) groups is 1. The third-order valence-electron chi connectivity index (χ3n) is 4.19. The summed E-state index contributed by atoms with van der Waals surface area (Å²) in [5.74, 6) is -0.502. The highest BCUT2D eigenvalue weighted by molar-refractivity contribution is 5.92. The molecule has 0 aliphatic carbocycles. The van der Waals surface area contributed by atoms with Gasteiger partial charge < -0.3 is 10.4 Å². The molecule has 0 aromatic heterocycles. The van der Waals surface area contributed by atoms with Crippen LogP contribution in [0.1, 0.15) is 31.7 Å². The highest BCUT2D eigenvalue weighted by atomic mass is 19.1. The molecule has 1 aromatic carbocycles. The number of piperidine rings is 1. The second kappa shape index (κ2) is 7.00. The number of benzene rings is 1. The topological polar surface area (TPSA) is 52.6 Å². The maximum atomic E-state index is 13.5. The Morgan fingerprint density at radius 2 is 2.24 bits per heavy atom. The van der Waals surface area contributed by atoms with E-state index in [4.69, 9.17) is 0 Å². The Bertz CT molecular complexity index is 507. The number of likely N-dealkylation sites (tertiary alicyclic amines) is 1. The van der Waals surface area contributed by atoms with Crippen molar-refractivity contribution in [1.29, 1.82) is 0 Å². The quantitative estimate of drug-likeness (QED) is 0.896. The van der Waals surface area contributed by atoms with Crippen molar-refractivity contribution in [3.8, 4) is 0 Å². The van der Waals surface area contributed by atoms with Gasteiger partial charge in [-0.25, -0.2) is 4.39 Å². The van der Waals surface area contributed by atoms with Gasteiger partial charge in [-0.3, -0.25) is 9.69 Å². The van der Waals surface area contributed by atoms with Gasteiger partial charge in [0.1, 0.15) is 5.82 Å². The largest absolute Gasteiger partial charge is 0.395 e. The van der Waals surface area contributed by atoms with Gasteiger partial charge in [0, 0.05) is 17.8 Å². The molecule has 0 saturated carbocycles. The van der Waals surface area contributed by atoms with Crippen molar-refractivity contribution in [3.63, 3.8) is 0 Å². The second-order valence-electron chi connectivity index (χ2n) is 5.80. The van der Waals surface area contributed by atoms with E-state index in [1.807, 2.05) is 4.90 Å². The summed E-state index contributed by atoms with van der Waals surface area (Å²) in [6, 6.07) is 4.98. The zero-order chi connectivity index (χ0) is 15.4. The molecule has 21 heavy (non-hydrogen) atoms. The van der Waals surface area contributed by atoms with Crippen LogP contribution in [0.15, 0.2) is 18.2 Å². The maximum absolute atomic E-state index is 13.5. The number of amides is 1. The lowest BCUT2D eigenvalue weighted by atomic mass is 9.97. The molecule has 1 amide bonds. The maximum Gasteiger partial charge on any atom is 0.238 e. The van der Waals surface area contributed by atoms with Crippen molar-refractivity contribution in [2.24, 2.45) is 0 Å². The van der Waals surface area contributed by atoms with Crippen LogP contribution < -0.4 is 5.32 Å². The lowest BCUT2D eigenvalue weighted by Crippen LogP contribution is -2.50. The van der Waals surface area contributed by atoms with Crippen LogP contribution in [0, 0.1) is 12.7 Å². The number of aryl methyl sites for hydroxylation is 1. The Kier molecular flexibility index (Phi) is 5.31. The van der Waals surface area contributed by atoms with E-state index in [2.05, 4.69) is 12.2 Å². The normalized spacial score (nSPS) is 23.0. The molecule has 4 nitrogen and oxygen atoms in total. The molecule has 5 heteroatoms. The van der Waals surface area contributed by atoms with Gasteiger partial charge in [-0.1, -0.05) is 12.5 Å². The summed E-state index contributed by atoms with van der Waals surface area (Å²) in [6.07, 6.45) is 3.02. The van der Waals surface area contributed by atoms with Crippen molar-refractivity contribution in [1.82, 2.24) is 4.90 Å². The monoisotopic (exact) mass is 294 g/mol. The molecule has 0 bridgehead atoms. The van der Waals surface area contributed by atoms with Gasteiger partial charge in [-0.05, 0) is 44.4 Å². The molecule has 1 aromatic rings. The van der Waals surface area contributed by atoms with Gasteiger partial charge in [-0.2, -0.15) is 0 Å². The summed E-state index contributed by atoms with van der Waals surface area (Å²) in [7, 11) is 0. The Morgan fingerprint density at radius 3 is 2.90 bits per heavy atom. The van der Waals surface area contributed by atoms with Crippen LogP contribution in [0.3, 0.4) is 0 Å². The Labute approximate surface area is 125 Å². The Morgan fingerprint density at radius 1 is 1.48 bits per heavy atom. The summed E-state index contributed by atoms with van der Waals surface area (Å²) < 4.78 is 13.5. The second-order valence-corrected chi connectivity index (χ2v) is 5.80. The SMILES string of the molecule is Cc1ccc(NC(=O)CN2C(C)CCCC2CO)cc1F. The van der Waals surface area contributed by atoms with Gasteiger partial charge in [-0.15, -0.1) is 0 Å². The average Bonchev–Trinajstić information content (AvgIpc) is 2.45. The van der Waals surface area contributed by atoms with Crippen LogP contribution in [-0.2, 0) is 4.79 Å². The average molecular weight is 294 g/mol. The van der Waals surface area contributed by atoms with E-state index in [1.54, 1.807) is 19.1 Å². The van der Waals surface area contributed by atoms with Crippen LogP contribution in [0.25, 0.3) is 0 Å². The zero-order valence-corrected chi connectivity index (χ0v) is 12.6. The van der Waals surface area contributed by atoms with Crippen molar-refractivity contribution in [3.05, 3.63) is 29.6 Å². The predicted molar refractivity (Wildman–Crippen MR) is 80.7 cm³/mol. The number of hydrogen-bond acceptors (Lipinski definition) is 3. The summed E-state index contributed by atoms with van der Waals surface area (Å²) in [4.78, 5) is 14.2. The van der Waals surface area contributed by atoms with Gasteiger partial charge >= 0.3 is 0 Å². The molecule has 116 valence electrons. The molecule has 1 aliphatic rings. The standard InChI is InChI=1S/C16H23FN2O2/c1-11-6-7-13(8-15(11)17)18-16(21)9-19-12(2)4-3-5-14(19)10-20/h6-8,12,14,20H,3-5,9-10H2,1-2H3,(H,18,21). The molecule has 0 spiro atoms. The van der Waals surface area contributed by atoms with E-state index in [0.717, 1.165) is 19.3 Å². The van der Waals surface area contributed by atoms with Gasteiger partial charge in [0.05, 0.1) is 13.2 Å². The molecule has 2 rings (SSSR count). The fourth-order valence-electron chi connectivity index (χ4n) is 2.86. The number of aliphatic hydroxyl groups excluding tert-OH is 1. The molecule has 1 aliphatic heterocycles. The van der Waals surface area contributed by atoms with Crippen molar-refractivity contribution in [2.45, 2.75) is 45.2 Å². The van der Waals surface area contributed by atoms with Gasteiger partial charge in [0.15, 0.2) is 0 Å². The zero-order valence-electron chi connectivity index (χ0n) is 12.6. The summed E-state index contributed by atoms with van der Waals surface area (Å²) >= 11 is 0. The highest BCUT2D eigenvalue weighted by Crippen LogP contribution is 2.22. The molecule has 1 saturated heterocycles. The predicted octanol–water partition coefficient (Wildman–Crippen LogP) is 2.31. The first kappa shape index (κ1) is 15.9. The van der Waals surface area contributed by atoms with Crippen molar-refractivity contribution >= 4 is 11.6 Å². The number of anilines is 1. The Balaban J connectivity index is 1.98. The first-order valence-electron chi connectivity index (χ1n) is 7.44. The lowest BCUT2D eigenvalue weighted by molar-refractivity contribution is -0.119. The van der Waals surface area contributed by atoms with E-state index in [1.165, 1.54) is 6.07 Å². The van der Waals surface area contributed by atoms with Crippen molar-refractivity contribution in [2.75, 3.05) is 18.5 Å². The molecule has 2 N–H and O–H groups in total. The molecular weight excluding hydrogens is 271 g/mol. The molecule has 0 radical (unpaired) electrons. The minimum absolute atomic E-state index is 0.0363. The van der Waals surface area contributed by atoms with E-state index < -0.39 is 0 Å². The van der Waals surface area contributed by atoms with Crippen LogP contribution in [0.5, 0.6) is 0 Å². The molecule has 1 fully saturated rings. The number of rotatable bonds is 4. The van der Waals surface area contributed by atoms with E-state index in [9.17, 15) is 14.3 Å². The number of halogens is 1. The van der Waals surface area contributed by atoms with Gasteiger partial charge in [0.25, 0.3) is 0 Å². The molecular formula is C16H23FN2O2. The number of nitrogens with zero attached hydrogens (tertiary/aromatic N) is 1. The van der Waals surface area contributed by atoms with Crippen molar-refractivity contribution < 1.29 is 14.3 Å². The summed E-state index contributed by atoms with van der Waals surface area (Å²) in [5, 5.41) is 12.1. The lowest BCUT2D eigenvalue weighted by Gasteiger charge is -2.39. The van der Waals surface area contributed by atoms with Crippen LogP contribution in [0.2, 0.25) is 0 Å². The molecule has 2 atom stereocenters. The smallest absolute Gasteiger partial charge is 0.238 e. The van der Waals surface area contributed by atoms with E-state index in [0.29, 0.717) is 11.3 Å². The minimum atomic E-state index is -0.327. The van der Waals surface area contributed by atoms with Crippen LogP contribution in [0.4, 0.5) is 10.1 Å². The number of aliphatic hydroxyl groups is 1. The Hall–Kier alpha value is -1.46. The first-order chi connectivity index (χ1) is 10.0. The van der Waals surface area contributed by atoms with E-state index in [-0.39, 0.29) is 37.0 Å². The van der Waals surface area contributed by atoms with Gasteiger partial charge in [0.2, 0.25) is 5.91 Å². The third-order valence-corrected chi connectivity index (χ3v) is 4.19.